The smallest absolute Gasteiger partial charge is 0.334 e. The van der Waals surface area contributed by atoms with Crippen LogP contribution in [0.5, 0.6) is 0 Å². The number of methoxy groups -OCH3 is 2. The fourth-order valence-corrected chi connectivity index (χ4v) is 3.08. The molecule has 0 aromatic heterocycles. The number of hydrogen-bond donors (Lipinski definition) is 0. The maximum absolute atomic E-state index is 14.4. The first kappa shape index (κ1) is 17.8. The SMILES string of the molecule is COC(=O)C1=C(C)CC(C)=C(C(=O)OC)C1c1ccc(F)cc1F. The Morgan fingerprint density at radius 3 is 1.92 bits per heavy atom. The van der Waals surface area contributed by atoms with E-state index in [1.54, 1.807) is 13.8 Å². The number of rotatable bonds is 3. The summed E-state index contributed by atoms with van der Waals surface area (Å²) < 4.78 is 37.3. The summed E-state index contributed by atoms with van der Waals surface area (Å²) in [6, 6.07) is 3.03. The van der Waals surface area contributed by atoms with Crippen molar-refractivity contribution in [2.45, 2.75) is 26.2 Å². The van der Waals surface area contributed by atoms with Gasteiger partial charge in [0.2, 0.25) is 0 Å². The summed E-state index contributed by atoms with van der Waals surface area (Å²) in [7, 11) is 2.42. The lowest BCUT2D eigenvalue weighted by molar-refractivity contribution is -0.137. The normalized spacial score (nSPS) is 15.6. The summed E-state index contributed by atoms with van der Waals surface area (Å²) >= 11 is 0. The minimum Gasteiger partial charge on any atom is -0.466 e. The van der Waals surface area contributed by atoms with Crippen LogP contribution in [0.1, 0.15) is 31.7 Å². The highest BCUT2D eigenvalue weighted by Gasteiger charge is 2.38. The molecule has 0 fully saturated rings. The zero-order valence-electron chi connectivity index (χ0n) is 13.9. The molecule has 2 rings (SSSR count). The quantitative estimate of drug-likeness (QED) is 0.794. The molecule has 0 saturated carbocycles. The van der Waals surface area contributed by atoms with E-state index in [0.29, 0.717) is 17.6 Å². The van der Waals surface area contributed by atoms with Gasteiger partial charge < -0.3 is 9.47 Å². The van der Waals surface area contributed by atoms with E-state index < -0.39 is 29.5 Å². The molecule has 0 radical (unpaired) electrons. The van der Waals surface area contributed by atoms with Crippen molar-refractivity contribution in [3.8, 4) is 0 Å². The molecule has 1 aromatic carbocycles. The Bertz CT molecular complexity index is 724. The van der Waals surface area contributed by atoms with Crippen LogP contribution < -0.4 is 0 Å². The van der Waals surface area contributed by atoms with Crippen molar-refractivity contribution in [2.75, 3.05) is 14.2 Å². The number of halogens is 2. The molecule has 128 valence electrons. The van der Waals surface area contributed by atoms with Crippen LogP contribution in [0.2, 0.25) is 0 Å². The third-order valence-electron chi connectivity index (χ3n) is 4.11. The van der Waals surface area contributed by atoms with Gasteiger partial charge in [0, 0.05) is 22.8 Å². The van der Waals surface area contributed by atoms with Crippen molar-refractivity contribution in [1.29, 1.82) is 0 Å². The molecule has 0 atom stereocenters. The Morgan fingerprint density at radius 1 is 1.00 bits per heavy atom. The summed E-state index contributed by atoms with van der Waals surface area (Å²) in [4.78, 5) is 24.5. The van der Waals surface area contributed by atoms with Crippen LogP contribution in [0.25, 0.3) is 0 Å². The largest absolute Gasteiger partial charge is 0.466 e. The van der Waals surface area contributed by atoms with E-state index in [0.717, 1.165) is 12.1 Å². The van der Waals surface area contributed by atoms with Gasteiger partial charge in [0.05, 0.1) is 20.1 Å². The van der Waals surface area contributed by atoms with E-state index in [-0.39, 0.29) is 16.7 Å². The molecule has 0 aliphatic heterocycles. The second kappa shape index (κ2) is 6.95. The van der Waals surface area contributed by atoms with Crippen LogP contribution in [0.15, 0.2) is 40.5 Å². The van der Waals surface area contributed by atoms with Crippen molar-refractivity contribution in [3.05, 3.63) is 57.7 Å². The predicted octanol–water partition coefficient (Wildman–Crippen LogP) is 3.43. The molecule has 0 unspecified atom stereocenters. The fourth-order valence-electron chi connectivity index (χ4n) is 3.08. The Kier molecular flexibility index (Phi) is 5.17. The van der Waals surface area contributed by atoms with Gasteiger partial charge in [0.15, 0.2) is 0 Å². The van der Waals surface area contributed by atoms with Crippen LogP contribution in [-0.4, -0.2) is 26.2 Å². The number of ether oxygens (including phenoxy) is 2. The van der Waals surface area contributed by atoms with E-state index in [9.17, 15) is 18.4 Å². The second-order valence-electron chi connectivity index (χ2n) is 5.65. The third kappa shape index (κ3) is 3.09. The second-order valence-corrected chi connectivity index (χ2v) is 5.65. The monoisotopic (exact) mass is 336 g/mol. The molecule has 1 aliphatic rings. The number of carbonyl (C=O) groups excluding carboxylic acids is 2. The highest BCUT2D eigenvalue weighted by atomic mass is 19.1. The summed E-state index contributed by atoms with van der Waals surface area (Å²) in [5.41, 5.74) is 1.71. The zero-order valence-corrected chi connectivity index (χ0v) is 13.9. The molecule has 4 nitrogen and oxygen atoms in total. The van der Waals surface area contributed by atoms with Gasteiger partial charge >= 0.3 is 11.9 Å². The van der Waals surface area contributed by atoms with Crippen molar-refractivity contribution < 1.29 is 27.8 Å². The van der Waals surface area contributed by atoms with Gasteiger partial charge in [-0.1, -0.05) is 17.2 Å². The van der Waals surface area contributed by atoms with E-state index in [1.807, 2.05) is 0 Å². The Morgan fingerprint density at radius 2 is 1.50 bits per heavy atom. The molecule has 1 aromatic rings. The molecule has 0 bridgehead atoms. The van der Waals surface area contributed by atoms with E-state index in [4.69, 9.17) is 9.47 Å². The molecular formula is C18H18F2O4. The minimum atomic E-state index is -1.00. The summed E-state index contributed by atoms with van der Waals surface area (Å²) in [6.45, 7) is 3.44. The summed E-state index contributed by atoms with van der Waals surface area (Å²) in [5.74, 6) is -3.90. The van der Waals surface area contributed by atoms with Gasteiger partial charge in [-0.15, -0.1) is 0 Å². The Hall–Kier alpha value is -2.50. The van der Waals surface area contributed by atoms with Gasteiger partial charge in [0.25, 0.3) is 0 Å². The van der Waals surface area contributed by atoms with Gasteiger partial charge in [-0.3, -0.25) is 0 Å². The minimum absolute atomic E-state index is 0.0237. The van der Waals surface area contributed by atoms with E-state index >= 15 is 0 Å². The molecule has 0 spiro atoms. The summed E-state index contributed by atoms with van der Waals surface area (Å²) in [5, 5.41) is 0. The lowest BCUT2D eigenvalue weighted by atomic mass is 9.75. The highest BCUT2D eigenvalue weighted by Crippen LogP contribution is 2.43. The lowest BCUT2D eigenvalue weighted by Gasteiger charge is -2.29. The fraction of sp³-hybridized carbons (Fsp3) is 0.333. The zero-order chi connectivity index (χ0) is 18.0. The van der Waals surface area contributed by atoms with E-state index in [1.165, 1.54) is 20.3 Å². The molecule has 1 aliphatic carbocycles. The maximum atomic E-state index is 14.4. The van der Waals surface area contributed by atoms with Crippen molar-refractivity contribution in [1.82, 2.24) is 0 Å². The van der Waals surface area contributed by atoms with Crippen molar-refractivity contribution in [3.63, 3.8) is 0 Å². The summed E-state index contributed by atoms with van der Waals surface area (Å²) in [6.07, 6.45) is 0.369. The first-order valence-electron chi connectivity index (χ1n) is 7.32. The average Bonchev–Trinajstić information content (AvgIpc) is 2.53. The first-order chi connectivity index (χ1) is 11.3. The van der Waals surface area contributed by atoms with Gasteiger partial charge in [0.1, 0.15) is 11.6 Å². The number of carbonyl (C=O) groups is 2. The molecule has 6 heteroatoms. The maximum Gasteiger partial charge on any atom is 0.334 e. The van der Waals surface area contributed by atoms with Crippen LogP contribution in [0.3, 0.4) is 0 Å². The van der Waals surface area contributed by atoms with Crippen molar-refractivity contribution in [2.24, 2.45) is 0 Å². The number of esters is 2. The van der Waals surface area contributed by atoms with Crippen LogP contribution in [0, 0.1) is 11.6 Å². The number of benzene rings is 1. The Labute approximate surface area is 138 Å². The van der Waals surface area contributed by atoms with Gasteiger partial charge in [-0.05, 0) is 26.3 Å². The highest BCUT2D eigenvalue weighted by molar-refractivity contribution is 6.00. The van der Waals surface area contributed by atoms with Crippen LogP contribution in [-0.2, 0) is 19.1 Å². The molecule has 0 N–H and O–H groups in total. The molecule has 0 amide bonds. The van der Waals surface area contributed by atoms with Crippen LogP contribution in [0.4, 0.5) is 8.78 Å². The average molecular weight is 336 g/mol. The lowest BCUT2D eigenvalue weighted by Crippen LogP contribution is -2.26. The van der Waals surface area contributed by atoms with Gasteiger partial charge in [-0.25, -0.2) is 18.4 Å². The molecule has 0 saturated heterocycles. The molecule has 0 heterocycles. The first-order valence-corrected chi connectivity index (χ1v) is 7.32. The van der Waals surface area contributed by atoms with E-state index in [2.05, 4.69) is 0 Å². The topological polar surface area (TPSA) is 52.6 Å². The van der Waals surface area contributed by atoms with Crippen molar-refractivity contribution >= 4 is 11.9 Å². The molecule has 24 heavy (non-hydrogen) atoms. The standard InChI is InChI=1S/C18H18F2O4/c1-9-7-10(2)15(18(22)24-4)16(14(9)17(21)23-3)12-6-5-11(19)8-13(12)20/h5-6,8,16H,7H2,1-4H3. The number of hydrogen-bond acceptors (Lipinski definition) is 4. The predicted molar refractivity (Wildman–Crippen MR) is 83.1 cm³/mol. The number of allylic oxidation sites excluding steroid dienone is 2. The van der Waals surface area contributed by atoms with Gasteiger partial charge in [-0.2, -0.15) is 0 Å². The van der Waals surface area contributed by atoms with Crippen LogP contribution >= 0.6 is 0 Å². The Balaban J connectivity index is 2.74. The molecular weight excluding hydrogens is 318 g/mol. The third-order valence-corrected chi connectivity index (χ3v) is 4.11.